The normalized spacial score (nSPS) is 14.4. The first-order valence-electron chi connectivity index (χ1n) is 13.3. The number of nitrogens with one attached hydrogen (secondary N) is 4. The molecule has 1 aromatic carbocycles. The summed E-state index contributed by atoms with van der Waals surface area (Å²) in [6.07, 6.45) is -1.19. The Morgan fingerprint density at radius 2 is 1.31 bits per heavy atom. The third-order valence-electron chi connectivity index (χ3n) is 6.03. The van der Waals surface area contributed by atoms with Crippen molar-refractivity contribution in [2.24, 2.45) is 17.4 Å². The minimum atomic E-state index is -1.51. The number of nitrogens with two attached hydrogens (primary N) is 2. The van der Waals surface area contributed by atoms with Gasteiger partial charge in [-0.1, -0.05) is 44.2 Å². The van der Waals surface area contributed by atoms with E-state index in [1.807, 2.05) is 0 Å². The molecule has 0 spiro atoms. The largest absolute Gasteiger partial charge is 0.481 e. The van der Waals surface area contributed by atoms with E-state index < -0.39 is 84.5 Å². The summed E-state index contributed by atoms with van der Waals surface area (Å²) in [6, 6.07) is 2.23. The Bertz CT molecular complexity index is 1130. The lowest BCUT2D eigenvalue weighted by Gasteiger charge is -2.26. The molecule has 15 heteroatoms. The fourth-order valence-corrected chi connectivity index (χ4v) is 3.82. The second-order valence-electron chi connectivity index (χ2n) is 10.3. The van der Waals surface area contributed by atoms with Gasteiger partial charge >= 0.3 is 11.9 Å². The van der Waals surface area contributed by atoms with Gasteiger partial charge in [0.1, 0.15) is 24.2 Å². The first-order valence-corrected chi connectivity index (χ1v) is 13.3. The smallest absolute Gasteiger partial charge is 0.326 e. The van der Waals surface area contributed by atoms with Gasteiger partial charge in [0, 0.05) is 12.8 Å². The number of carbonyl (C=O) groups is 7. The molecule has 5 amide bonds. The Morgan fingerprint density at radius 3 is 1.83 bits per heavy atom. The zero-order valence-corrected chi connectivity index (χ0v) is 23.8. The Morgan fingerprint density at radius 1 is 0.762 bits per heavy atom. The summed E-state index contributed by atoms with van der Waals surface area (Å²) in [7, 11) is 0. The molecule has 5 atom stereocenters. The summed E-state index contributed by atoms with van der Waals surface area (Å²) in [5.41, 5.74) is 11.3. The number of primary amides is 1. The summed E-state index contributed by atoms with van der Waals surface area (Å²) >= 11 is 0. The van der Waals surface area contributed by atoms with Crippen LogP contribution < -0.4 is 32.7 Å². The zero-order chi connectivity index (χ0) is 32.0. The maximum Gasteiger partial charge on any atom is 0.326 e. The Kier molecular flexibility index (Phi) is 14.6. The third-order valence-corrected chi connectivity index (χ3v) is 6.03. The molecule has 0 aromatic heterocycles. The number of carboxylic acids is 2. The molecule has 0 aliphatic carbocycles. The molecule has 10 N–H and O–H groups in total. The Labute approximate surface area is 243 Å². The van der Waals surface area contributed by atoms with Crippen molar-refractivity contribution in [1.29, 1.82) is 0 Å². The van der Waals surface area contributed by atoms with E-state index in [1.54, 1.807) is 44.2 Å². The highest BCUT2D eigenvalue weighted by atomic mass is 16.4. The van der Waals surface area contributed by atoms with Crippen LogP contribution in [0.3, 0.4) is 0 Å². The van der Waals surface area contributed by atoms with Gasteiger partial charge in [-0.05, 0) is 31.2 Å². The molecular weight excluding hydrogens is 552 g/mol. The van der Waals surface area contributed by atoms with Crippen LogP contribution in [0.15, 0.2) is 30.3 Å². The molecule has 0 unspecified atom stereocenters. The maximum atomic E-state index is 13.4. The summed E-state index contributed by atoms with van der Waals surface area (Å²) in [5, 5.41) is 28.1. The summed E-state index contributed by atoms with van der Waals surface area (Å²) in [5.74, 6) is -6.70. The summed E-state index contributed by atoms with van der Waals surface area (Å²) < 4.78 is 0. The molecule has 0 fully saturated rings. The first kappa shape index (κ1) is 35.5. The van der Waals surface area contributed by atoms with Gasteiger partial charge in [-0.25, -0.2) is 4.79 Å². The summed E-state index contributed by atoms with van der Waals surface area (Å²) in [4.78, 5) is 85.1. The van der Waals surface area contributed by atoms with Crippen LogP contribution in [0.5, 0.6) is 0 Å². The maximum absolute atomic E-state index is 13.4. The highest BCUT2D eigenvalue weighted by Gasteiger charge is 2.31. The third kappa shape index (κ3) is 13.2. The molecule has 0 radical (unpaired) electrons. The zero-order valence-electron chi connectivity index (χ0n) is 23.8. The van der Waals surface area contributed by atoms with Crippen molar-refractivity contribution >= 4 is 41.5 Å². The predicted molar refractivity (Wildman–Crippen MR) is 149 cm³/mol. The van der Waals surface area contributed by atoms with E-state index in [1.165, 1.54) is 6.92 Å². The minimum absolute atomic E-state index is 0.0315. The highest BCUT2D eigenvalue weighted by Crippen LogP contribution is 2.09. The van der Waals surface area contributed by atoms with Crippen LogP contribution in [-0.4, -0.2) is 81.9 Å². The fourth-order valence-electron chi connectivity index (χ4n) is 3.82. The van der Waals surface area contributed by atoms with E-state index in [2.05, 4.69) is 21.3 Å². The lowest BCUT2D eigenvalue weighted by atomic mass is 10.0. The predicted octanol–water partition coefficient (Wildman–Crippen LogP) is -1.61. The molecule has 0 bridgehead atoms. The first-order chi connectivity index (χ1) is 19.6. The van der Waals surface area contributed by atoms with Crippen molar-refractivity contribution in [3.8, 4) is 0 Å². The van der Waals surface area contributed by atoms with Crippen molar-refractivity contribution < 1.29 is 43.8 Å². The molecule has 0 saturated carbocycles. The van der Waals surface area contributed by atoms with Gasteiger partial charge in [0.05, 0.1) is 12.5 Å². The number of aliphatic carboxylic acids is 2. The molecule has 42 heavy (non-hydrogen) atoms. The number of amides is 5. The van der Waals surface area contributed by atoms with E-state index in [0.29, 0.717) is 5.56 Å². The van der Waals surface area contributed by atoms with Crippen LogP contribution in [0.25, 0.3) is 0 Å². The standard InChI is InChI=1S/C27H40N6O9/c1-14(2)11-19(32-23(37)15(3)30-24(38)17(28)13-21(29)34)25(39)33-20(12-16-7-5-4-6-8-16)26(40)31-18(27(41)42)9-10-22(35)36/h4-8,14-15,17-20H,9-13,28H2,1-3H3,(H2,29,34)(H,30,38)(H,31,40)(H,32,37)(H,33,39)(H,35,36)(H,41,42)/t15-,17-,18-,19-,20-/m0/s1. The van der Waals surface area contributed by atoms with Crippen LogP contribution >= 0.6 is 0 Å². The van der Waals surface area contributed by atoms with Crippen LogP contribution in [0.4, 0.5) is 0 Å². The van der Waals surface area contributed by atoms with E-state index >= 15 is 0 Å². The van der Waals surface area contributed by atoms with Crippen molar-refractivity contribution in [3.63, 3.8) is 0 Å². The topological polar surface area (TPSA) is 260 Å². The highest BCUT2D eigenvalue weighted by molar-refractivity contribution is 5.96. The second kappa shape index (κ2) is 17.3. The molecule has 1 aromatic rings. The van der Waals surface area contributed by atoms with Gasteiger partial charge in [0.2, 0.25) is 29.5 Å². The van der Waals surface area contributed by atoms with E-state index in [0.717, 1.165) is 0 Å². The van der Waals surface area contributed by atoms with Crippen molar-refractivity contribution in [2.45, 2.75) is 83.1 Å². The average molecular weight is 593 g/mol. The SMILES string of the molecule is CC(C)C[C@H](NC(=O)[C@H](C)NC(=O)[C@@H](N)CC(N)=O)C(=O)N[C@@H](Cc1ccccc1)C(=O)N[C@@H](CCC(=O)O)C(=O)O. The van der Waals surface area contributed by atoms with E-state index in [-0.39, 0.29) is 25.2 Å². The lowest BCUT2D eigenvalue weighted by molar-refractivity contribution is -0.143. The van der Waals surface area contributed by atoms with E-state index in [4.69, 9.17) is 16.6 Å². The number of rotatable bonds is 18. The number of carbonyl (C=O) groups excluding carboxylic acids is 5. The lowest BCUT2D eigenvalue weighted by Crippen LogP contribution is -2.58. The Hall–Kier alpha value is -4.53. The molecule has 0 aliphatic heterocycles. The van der Waals surface area contributed by atoms with Gasteiger partial charge in [0.15, 0.2) is 0 Å². The molecule has 0 saturated heterocycles. The van der Waals surface area contributed by atoms with Gasteiger partial charge in [-0.15, -0.1) is 0 Å². The van der Waals surface area contributed by atoms with E-state index in [9.17, 15) is 38.7 Å². The van der Waals surface area contributed by atoms with Crippen LogP contribution in [0.2, 0.25) is 0 Å². The molecular formula is C27H40N6O9. The second-order valence-corrected chi connectivity index (χ2v) is 10.3. The van der Waals surface area contributed by atoms with Crippen LogP contribution in [0, 0.1) is 5.92 Å². The van der Waals surface area contributed by atoms with Gasteiger partial charge in [-0.2, -0.15) is 0 Å². The molecule has 15 nitrogen and oxygen atoms in total. The Balaban J connectivity index is 3.10. The summed E-state index contributed by atoms with van der Waals surface area (Å²) in [6.45, 7) is 4.95. The van der Waals surface area contributed by atoms with Gasteiger partial charge in [0.25, 0.3) is 0 Å². The van der Waals surface area contributed by atoms with Gasteiger partial charge in [-0.3, -0.25) is 28.8 Å². The number of carboxylic acid groups (broad SMARTS) is 2. The fraction of sp³-hybridized carbons (Fsp3) is 0.519. The molecule has 1 rings (SSSR count). The molecule has 232 valence electrons. The number of hydrogen-bond donors (Lipinski definition) is 8. The van der Waals surface area contributed by atoms with Crippen molar-refractivity contribution in [2.75, 3.05) is 0 Å². The van der Waals surface area contributed by atoms with Crippen LogP contribution in [-0.2, 0) is 40.0 Å². The average Bonchev–Trinajstić information content (AvgIpc) is 2.89. The minimum Gasteiger partial charge on any atom is -0.481 e. The molecule has 0 aliphatic rings. The van der Waals surface area contributed by atoms with Crippen LogP contribution in [0.1, 0.15) is 52.0 Å². The van der Waals surface area contributed by atoms with Gasteiger partial charge < -0.3 is 42.9 Å². The quantitative estimate of drug-likeness (QED) is 0.0966. The van der Waals surface area contributed by atoms with Crippen molar-refractivity contribution in [1.82, 2.24) is 21.3 Å². The molecule has 0 heterocycles. The monoisotopic (exact) mass is 592 g/mol. The number of hydrogen-bond acceptors (Lipinski definition) is 8. The van der Waals surface area contributed by atoms with Crippen molar-refractivity contribution in [3.05, 3.63) is 35.9 Å². The number of benzene rings is 1.